The summed E-state index contributed by atoms with van der Waals surface area (Å²) in [6.07, 6.45) is 2.43. The van der Waals surface area contributed by atoms with Gasteiger partial charge in [-0.3, -0.25) is 14.7 Å². The minimum atomic E-state index is -5.58. The molecular weight excluding hydrogens is 430 g/mol. The maximum Gasteiger partial charge on any atom is 0.501 e. The quantitative estimate of drug-likeness (QED) is 0.537. The van der Waals surface area contributed by atoms with E-state index in [1.807, 2.05) is 0 Å². The lowest BCUT2D eigenvalue weighted by molar-refractivity contribution is -0.119. The summed E-state index contributed by atoms with van der Waals surface area (Å²) in [5, 5.41) is 0. The molecule has 2 heterocycles. The molecule has 2 atom stereocenters. The summed E-state index contributed by atoms with van der Waals surface area (Å²) in [7, 11) is -5.58. The summed E-state index contributed by atoms with van der Waals surface area (Å²) < 4.78 is 75.5. The Balaban J connectivity index is 1.75. The van der Waals surface area contributed by atoms with Crippen molar-refractivity contribution in [2.24, 2.45) is 5.92 Å². The molecule has 2 fully saturated rings. The van der Waals surface area contributed by atoms with E-state index in [9.17, 15) is 35.6 Å². The normalized spacial score (nSPS) is 24.1. The maximum absolute atomic E-state index is 14.3. The van der Waals surface area contributed by atoms with Gasteiger partial charge in [0, 0.05) is 6.20 Å². The zero-order valence-corrected chi connectivity index (χ0v) is 16.0. The predicted octanol–water partition coefficient (Wildman–Crippen LogP) is 3.27. The number of alkyl halides is 3. The molecule has 1 spiro atoms. The van der Waals surface area contributed by atoms with Crippen molar-refractivity contribution in [3.8, 4) is 0 Å². The molecule has 1 aliphatic heterocycles. The minimum Gasteiger partial charge on any atom is -0.275 e. The summed E-state index contributed by atoms with van der Waals surface area (Å²) in [6.45, 7) is 1.71. The van der Waals surface area contributed by atoms with Crippen LogP contribution in [0.2, 0.25) is 0 Å². The first-order valence-electron chi connectivity index (χ1n) is 8.62. The number of sulfone groups is 1. The van der Waals surface area contributed by atoms with Gasteiger partial charge in [-0.25, -0.2) is 22.5 Å². The van der Waals surface area contributed by atoms with Crippen molar-refractivity contribution in [3.05, 3.63) is 48.5 Å². The van der Waals surface area contributed by atoms with Gasteiger partial charge in [-0.1, -0.05) is 6.92 Å². The number of halogens is 4. The van der Waals surface area contributed by atoms with Crippen molar-refractivity contribution in [2.75, 3.05) is 9.80 Å². The highest BCUT2D eigenvalue weighted by Gasteiger charge is 2.71. The fraction of sp³-hybridized carbons (Fsp3) is 0.278. The van der Waals surface area contributed by atoms with Crippen LogP contribution in [-0.4, -0.2) is 36.4 Å². The number of rotatable bonds is 3. The topological polar surface area (TPSA) is 87.7 Å². The first-order chi connectivity index (χ1) is 13.9. The third-order valence-corrected chi connectivity index (χ3v) is 6.83. The second kappa shape index (κ2) is 6.24. The Hall–Kier alpha value is -3.02. The Morgan fingerprint density at radius 2 is 1.73 bits per heavy atom. The van der Waals surface area contributed by atoms with Crippen LogP contribution in [0.4, 0.5) is 33.7 Å². The molecule has 0 bridgehead atoms. The minimum absolute atomic E-state index is 0.124. The molecule has 3 amide bonds. The number of aromatic nitrogens is 1. The number of imide groups is 1. The van der Waals surface area contributed by atoms with Gasteiger partial charge in [0.05, 0.1) is 22.5 Å². The molecule has 7 nitrogen and oxygen atoms in total. The number of anilines is 2. The van der Waals surface area contributed by atoms with Gasteiger partial charge in [0.25, 0.3) is 15.7 Å². The number of carbonyl (C=O) groups excluding carboxylic acids is 2. The highest BCUT2D eigenvalue weighted by atomic mass is 32.2. The van der Waals surface area contributed by atoms with Crippen LogP contribution < -0.4 is 9.80 Å². The molecule has 2 aromatic rings. The van der Waals surface area contributed by atoms with E-state index in [1.165, 1.54) is 12.3 Å². The molecule has 1 aromatic carbocycles. The number of carbonyl (C=O) groups is 2. The van der Waals surface area contributed by atoms with Gasteiger partial charge in [0.1, 0.15) is 5.54 Å². The molecule has 0 N–H and O–H groups in total. The van der Waals surface area contributed by atoms with Crippen molar-refractivity contribution >= 4 is 33.2 Å². The van der Waals surface area contributed by atoms with E-state index < -0.39 is 43.5 Å². The van der Waals surface area contributed by atoms with E-state index in [2.05, 4.69) is 4.98 Å². The standard InChI is InChI=1S/C18H13F4N3O4S/c1-10-8-17(10)15(26)24(16(27)25(17)14-6-7-23-9-13(14)19)11-2-4-12(5-3-11)30(28,29)18(20,21)22/h2-7,9-10H,8H2,1H3. The van der Waals surface area contributed by atoms with Crippen LogP contribution in [0.25, 0.3) is 0 Å². The van der Waals surface area contributed by atoms with Crippen LogP contribution in [-0.2, 0) is 14.6 Å². The highest BCUT2D eigenvalue weighted by Crippen LogP contribution is 2.55. The van der Waals surface area contributed by atoms with Crippen LogP contribution in [0.1, 0.15) is 13.3 Å². The number of urea groups is 1. The van der Waals surface area contributed by atoms with Gasteiger partial charge in [-0.2, -0.15) is 13.2 Å². The number of pyridine rings is 1. The molecule has 30 heavy (non-hydrogen) atoms. The van der Waals surface area contributed by atoms with E-state index in [0.717, 1.165) is 23.2 Å². The van der Waals surface area contributed by atoms with Gasteiger partial charge in [0.15, 0.2) is 5.82 Å². The van der Waals surface area contributed by atoms with Crippen LogP contribution in [0.15, 0.2) is 47.6 Å². The van der Waals surface area contributed by atoms with Crippen LogP contribution >= 0.6 is 0 Å². The van der Waals surface area contributed by atoms with Crippen LogP contribution in [0, 0.1) is 11.7 Å². The van der Waals surface area contributed by atoms with E-state index in [-0.39, 0.29) is 23.7 Å². The molecule has 4 rings (SSSR count). The van der Waals surface area contributed by atoms with E-state index in [0.29, 0.717) is 17.0 Å². The SMILES string of the molecule is CC1CC12C(=O)N(c1ccc(S(=O)(=O)C(F)(F)F)cc1)C(=O)N2c1ccncc1F. The lowest BCUT2D eigenvalue weighted by Gasteiger charge is -2.22. The third-order valence-electron chi connectivity index (χ3n) is 5.33. The third kappa shape index (κ3) is 2.62. The second-order valence-corrected chi connectivity index (χ2v) is 9.00. The molecule has 1 saturated heterocycles. The summed E-state index contributed by atoms with van der Waals surface area (Å²) in [5.41, 5.74) is -7.07. The summed E-state index contributed by atoms with van der Waals surface area (Å²) in [6, 6.07) is 3.55. The number of hydrogen-bond donors (Lipinski definition) is 0. The van der Waals surface area contributed by atoms with Crippen LogP contribution in [0.5, 0.6) is 0 Å². The first kappa shape index (κ1) is 20.3. The van der Waals surface area contributed by atoms with Gasteiger partial charge >= 0.3 is 11.5 Å². The Morgan fingerprint density at radius 3 is 2.23 bits per heavy atom. The number of amides is 3. The number of hydrogen-bond acceptors (Lipinski definition) is 5. The van der Waals surface area contributed by atoms with Crippen molar-refractivity contribution in [3.63, 3.8) is 0 Å². The Bertz CT molecular complexity index is 1170. The fourth-order valence-electron chi connectivity index (χ4n) is 3.67. The molecule has 2 aliphatic rings. The number of nitrogens with zero attached hydrogens (tertiary/aromatic N) is 3. The van der Waals surface area contributed by atoms with Crippen molar-refractivity contribution in [1.29, 1.82) is 0 Å². The van der Waals surface area contributed by atoms with E-state index >= 15 is 0 Å². The predicted molar refractivity (Wildman–Crippen MR) is 95.8 cm³/mol. The lowest BCUT2D eigenvalue weighted by Crippen LogP contribution is -2.39. The molecule has 1 aliphatic carbocycles. The largest absolute Gasteiger partial charge is 0.501 e. The monoisotopic (exact) mass is 443 g/mol. The van der Waals surface area contributed by atoms with Gasteiger partial charge in [-0.05, 0) is 42.7 Å². The van der Waals surface area contributed by atoms with Crippen molar-refractivity contribution in [2.45, 2.75) is 29.3 Å². The summed E-state index contributed by atoms with van der Waals surface area (Å²) in [5.74, 6) is -1.76. The number of benzene rings is 1. The molecule has 0 radical (unpaired) electrons. The Morgan fingerprint density at radius 1 is 1.13 bits per heavy atom. The van der Waals surface area contributed by atoms with Crippen molar-refractivity contribution < 1.29 is 35.6 Å². The van der Waals surface area contributed by atoms with E-state index in [4.69, 9.17) is 0 Å². The molecule has 12 heteroatoms. The van der Waals surface area contributed by atoms with Crippen LogP contribution in [0.3, 0.4) is 0 Å². The lowest BCUT2D eigenvalue weighted by atomic mass is 10.1. The van der Waals surface area contributed by atoms with Gasteiger partial charge < -0.3 is 0 Å². The molecule has 158 valence electrons. The van der Waals surface area contributed by atoms with Gasteiger partial charge in [-0.15, -0.1) is 0 Å². The molecule has 1 saturated carbocycles. The Kier molecular flexibility index (Phi) is 4.21. The highest BCUT2D eigenvalue weighted by molar-refractivity contribution is 7.92. The Labute approximate surface area is 167 Å². The van der Waals surface area contributed by atoms with Gasteiger partial charge in [0.2, 0.25) is 0 Å². The average molecular weight is 443 g/mol. The zero-order chi connectivity index (χ0) is 22.1. The van der Waals surface area contributed by atoms with E-state index in [1.54, 1.807) is 6.92 Å². The summed E-state index contributed by atoms with van der Waals surface area (Å²) >= 11 is 0. The summed E-state index contributed by atoms with van der Waals surface area (Å²) in [4.78, 5) is 30.5. The second-order valence-electron chi connectivity index (χ2n) is 7.06. The molecule has 2 unspecified atom stereocenters. The smallest absolute Gasteiger partial charge is 0.275 e. The van der Waals surface area contributed by atoms with Crippen molar-refractivity contribution in [1.82, 2.24) is 4.98 Å². The molecule has 1 aromatic heterocycles. The fourth-order valence-corrected chi connectivity index (χ4v) is 4.43. The average Bonchev–Trinajstić information content (AvgIpc) is 3.29. The zero-order valence-electron chi connectivity index (χ0n) is 15.2. The maximum atomic E-state index is 14.3. The first-order valence-corrected chi connectivity index (χ1v) is 10.1. The molecular formula is C18H13F4N3O4S.